The summed E-state index contributed by atoms with van der Waals surface area (Å²) in [5.41, 5.74) is 12.9. The van der Waals surface area contributed by atoms with Crippen LogP contribution in [0.3, 0.4) is 0 Å². The van der Waals surface area contributed by atoms with Crippen molar-refractivity contribution < 1.29 is 14.7 Å². The average molecular weight is 580 g/mol. The van der Waals surface area contributed by atoms with Crippen molar-refractivity contribution >= 4 is 52.3 Å². The lowest BCUT2D eigenvalue weighted by Gasteiger charge is -2.48. The Morgan fingerprint density at radius 1 is 1.13 bits per heavy atom. The summed E-state index contributed by atoms with van der Waals surface area (Å²) in [4.78, 5) is 40.5. The molecule has 0 saturated carbocycles. The Balaban J connectivity index is 1.41. The lowest BCUT2D eigenvalue weighted by molar-refractivity contribution is 0.0481. The largest absolute Gasteiger partial charge is 0.398 e. The highest BCUT2D eigenvalue weighted by atomic mass is 35.5. The minimum atomic E-state index is -0.528. The van der Waals surface area contributed by atoms with Crippen LogP contribution < -0.4 is 21.7 Å². The van der Waals surface area contributed by atoms with Gasteiger partial charge in [-0.2, -0.15) is 0 Å². The number of rotatable bonds is 8. The van der Waals surface area contributed by atoms with E-state index in [1.165, 1.54) is 0 Å². The fourth-order valence-corrected chi connectivity index (χ4v) is 5.90. The number of nitrogens with zero attached hydrogens (tertiary/aromatic N) is 5. The molecule has 2 fully saturated rings. The van der Waals surface area contributed by atoms with Crippen LogP contribution in [0.25, 0.3) is 0 Å². The van der Waals surface area contributed by atoms with E-state index in [9.17, 15) is 9.59 Å². The van der Waals surface area contributed by atoms with Gasteiger partial charge in [-0.05, 0) is 37.5 Å². The lowest BCUT2D eigenvalue weighted by atomic mass is 9.96. The molecule has 2 saturated heterocycles. The first-order chi connectivity index (χ1) is 18.7. The van der Waals surface area contributed by atoms with Crippen molar-refractivity contribution in [1.82, 2.24) is 25.1 Å². The fourth-order valence-electron chi connectivity index (χ4n) is 5.47. The van der Waals surface area contributed by atoms with E-state index in [0.717, 1.165) is 32.2 Å². The third-order valence-corrected chi connectivity index (χ3v) is 7.88. The molecular formula is C26H36Cl2N8O3. The number of carbonyl (C=O) groups excluding carboxylic acids is 2. The number of aliphatic hydroxyl groups excluding tert-OH is 1. The summed E-state index contributed by atoms with van der Waals surface area (Å²) in [6.07, 6.45) is 3.78. The van der Waals surface area contributed by atoms with Gasteiger partial charge in [-0.25, -0.2) is 9.97 Å². The molecule has 39 heavy (non-hydrogen) atoms. The molecule has 0 aliphatic carbocycles. The van der Waals surface area contributed by atoms with E-state index in [2.05, 4.69) is 32.0 Å². The standard InChI is InChI=1S/C26H36Cl2N8O3/c1-2-3-18-15-35(24-22(28)32-21(23(30)33-24)25(38)31-8-13-37)11-12-36(18)17-6-9-34(10-7-17)26(39)19-5-4-16(27)14-20(19)29/h4-5,14,17-18,37H,2-3,6-13,15,29H2,1H3,(H2,30,33)(H,31,38)/t18-/m0/s1. The second-order valence-corrected chi connectivity index (χ2v) is 10.7. The molecule has 1 aromatic carbocycles. The van der Waals surface area contributed by atoms with Crippen LogP contribution in [0.15, 0.2) is 18.2 Å². The Labute approximate surface area is 238 Å². The van der Waals surface area contributed by atoms with E-state index < -0.39 is 5.91 Å². The fraction of sp³-hybridized carbons (Fsp3) is 0.538. The molecule has 11 nitrogen and oxygen atoms in total. The van der Waals surface area contributed by atoms with E-state index in [1.54, 1.807) is 18.2 Å². The molecule has 6 N–H and O–H groups in total. The molecule has 0 bridgehead atoms. The van der Waals surface area contributed by atoms with Gasteiger partial charge in [0.25, 0.3) is 11.8 Å². The third kappa shape index (κ3) is 6.66. The molecular weight excluding hydrogens is 543 g/mol. The van der Waals surface area contributed by atoms with Gasteiger partial charge in [-0.1, -0.05) is 36.5 Å². The van der Waals surface area contributed by atoms with Gasteiger partial charge in [-0.15, -0.1) is 0 Å². The molecule has 2 aliphatic rings. The molecule has 3 heterocycles. The predicted molar refractivity (Wildman–Crippen MR) is 153 cm³/mol. The number of benzene rings is 1. The van der Waals surface area contributed by atoms with Crippen LogP contribution in [-0.2, 0) is 0 Å². The van der Waals surface area contributed by atoms with Crippen LogP contribution in [0.4, 0.5) is 17.3 Å². The molecule has 1 aromatic heterocycles. The monoisotopic (exact) mass is 578 g/mol. The maximum absolute atomic E-state index is 13.1. The maximum Gasteiger partial charge on any atom is 0.273 e. The Morgan fingerprint density at radius 3 is 2.54 bits per heavy atom. The zero-order valence-corrected chi connectivity index (χ0v) is 23.6. The minimum Gasteiger partial charge on any atom is -0.398 e. The summed E-state index contributed by atoms with van der Waals surface area (Å²) in [7, 11) is 0. The summed E-state index contributed by atoms with van der Waals surface area (Å²) in [5.74, 6) is -0.121. The highest BCUT2D eigenvalue weighted by Crippen LogP contribution is 2.30. The van der Waals surface area contributed by atoms with Crippen molar-refractivity contribution in [2.75, 3.05) is 62.2 Å². The van der Waals surface area contributed by atoms with Crippen LogP contribution in [0.5, 0.6) is 0 Å². The van der Waals surface area contributed by atoms with Crippen LogP contribution in [0, 0.1) is 0 Å². The van der Waals surface area contributed by atoms with Crippen LogP contribution >= 0.6 is 23.2 Å². The van der Waals surface area contributed by atoms with Gasteiger partial charge in [0.05, 0.1) is 12.2 Å². The molecule has 4 rings (SSSR count). The van der Waals surface area contributed by atoms with Gasteiger partial charge in [0.15, 0.2) is 22.5 Å². The Bertz CT molecular complexity index is 1190. The number of nitrogens with one attached hydrogen (secondary N) is 1. The minimum absolute atomic E-state index is 0.00215. The smallest absolute Gasteiger partial charge is 0.273 e. The molecule has 1 atom stereocenters. The molecule has 2 amide bonds. The van der Waals surface area contributed by atoms with Crippen molar-refractivity contribution in [3.63, 3.8) is 0 Å². The van der Waals surface area contributed by atoms with Crippen LogP contribution in [0.2, 0.25) is 10.2 Å². The molecule has 2 aliphatic heterocycles. The number of piperidine rings is 1. The summed E-state index contributed by atoms with van der Waals surface area (Å²) < 4.78 is 0. The number of nitrogen functional groups attached to an aromatic ring is 2. The van der Waals surface area contributed by atoms with Crippen molar-refractivity contribution in [1.29, 1.82) is 0 Å². The number of hydrogen-bond acceptors (Lipinski definition) is 9. The second-order valence-electron chi connectivity index (χ2n) is 9.93. The first-order valence-corrected chi connectivity index (χ1v) is 14.1. The molecule has 2 aromatic rings. The lowest BCUT2D eigenvalue weighted by Crippen LogP contribution is -2.59. The van der Waals surface area contributed by atoms with Gasteiger partial charge < -0.3 is 31.7 Å². The molecule has 0 unspecified atom stereocenters. The second kappa shape index (κ2) is 13.0. The number of anilines is 3. The van der Waals surface area contributed by atoms with E-state index >= 15 is 0 Å². The SMILES string of the molecule is CCC[C@H]1CN(c2nc(N)c(C(=O)NCCO)nc2Cl)CCN1C1CCN(C(=O)c2ccc(Cl)cc2N)CC1. The number of aromatic nitrogens is 2. The number of carbonyl (C=O) groups is 2. The number of aliphatic hydroxyl groups is 1. The highest BCUT2D eigenvalue weighted by molar-refractivity contribution is 6.32. The zero-order valence-electron chi connectivity index (χ0n) is 22.1. The first kappa shape index (κ1) is 29.1. The molecule has 0 radical (unpaired) electrons. The molecule has 0 spiro atoms. The number of piperazine rings is 1. The zero-order chi connectivity index (χ0) is 28.1. The highest BCUT2D eigenvalue weighted by Gasteiger charge is 2.36. The number of hydrogen-bond donors (Lipinski definition) is 4. The number of amides is 2. The van der Waals surface area contributed by atoms with Crippen molar-refractivity contribution in [2.45, 2.75) is 44.7 Å². The number of halogens is 2. The Hall–Kier alpha value is -2.86. The van der Waals surface area contributed by atoms with E-state index in [4.69, 9.17) is 39.8 Å². The Morgan fingerprint density at radius 2 is 1.87 bits per heavy atom. The summed E-state index contributed by atoms with van der Waals surface area (Å²) >= 11 is 12.5. The summed E-state index contributed by atoms with van der Waals surface area (Å²) in [6.45, 7) is 5.59. The van der Waals surface area contributed by atoms with Crippen molar-refractivity contribution in [2.24, 2.45) is 0 Å². The average Bonchev–Trinajstić information content (AvgIpc) is 2.92. The Kier molecular flexibility index (Phi) is 9.71. The maximum atomic E-state index is 13.1. The normalized spacial score (nSPS) is 18.8. The first-order valence-electron chi connectivity index (χ1n) is 13.3. The van der Waals surface area contributed by atoms with Gasteiger partial charge in [-0.3, -0.25) is 14.5 Å². The van der Waals surface area contributed by atoms with E-state index in [1.807, 2.05) is 4.90 Å². The van der Waals surface area contributed by atoms with Crippen molar-refractivity contribution in [3.8, 4) is 0 Å². The van der Waals surface area contributed by atoms with Gasteiger partial charge in [0.1, 0.15) is 0 Å². The van der Waals surface area contributed by atoms with Gasteiger partial charge in [0.2, 0.25) is 0 Å². The number of likely N-dealkylation sites (tertiary alicyclic amines) is 1. The molecule has 212 valence electrons. The molecule has 13 heteroatoms. The van der Waals surface area contributed by atoms with E-state index in [0.29, 0.717) is 54.3 Å². The summed E-state index contributed by atoms with van der Waals surface area (Å²) in [6, 6.07) is 5.63. The third-order valence-electron chi connectivity index (χ3n) is 7.39. The topological polar surface area (TPSA) is 154 Å². The predicted octanol–water partition coefficient (Wildman–Crippen LogP) is 2.27. The van der Waals surface area contributed by atoms with E-state index in [-0.39, 0.29) is 41.8 Å². The summed E-state index contributed by atoms with van der Waals surface area (Å²) in [5, 5.41) is 12.1. The van der Waals surface area contributed by atoms with Gasteiger partial charge in [0, 0.05) is 62.1 Å². The van der Waals surface area contributed by atoms with Crippen LogP contribution in [0.1, 0.15) is 53.5 Å². The van der Waals surface area contributed by atoms with Gasteiger partial charge >= 0.3 is 0 Å². The number of nitrogens with two attached hydrogens (primary N) is 2. The van der Waals surface area contributed by atoms with Crippen molar-refractivity contribution in [3.05, 3.63) is 39.6 Å². The van der Waals surface area contributed by atoms with Crippen LogP contribution in [-0.4, -0.2) is 94.6 Å². The quantitative estimate of drug-likeness (QED) is 0.345.